The Balaban J connectivity index is 3.94. The lowest BCUT2D eigenvalue weighted by Gasteiger charge is -1.90. The quantitative estimate of drug-likeness (QED) is 0.408. The molecule has 0 bridgehead atoms. The van der Waals surface area contributed by atoms with Crippen LogP contribution in [0.4, 0.5) is 0 Å². The third kappa shape index (κ3) is 4.19. The maximum Gasteiger partial charge on any atom is 0.148 e. The van der Waals surface area contributed by atoms with Crippen LogP contribution in [0.1, 0.15) is 13.3 Å². The van der Waals surface area contributed by atoms with Crippen LogP contribution in [0.15, 0.2) is 36.4 Å². The highest BCUT2D eigenvalue weighted by atomic mass is 13.8. The Bertz CT molecular complexity index is 143. The van der Waals surface area contributed by atoms with Crippen molar-refractivity contribution in [2.24, 2.45) is 0 Å². The average Bonchev–Trinajstić information content (AvgIpc) is 1.98. The summed E-state index contributed by atoms with van der Waals surface area (Å²) in [6.45, 7) is 7.77. The van der Waals surface area contributed by atoms with Crippen LogP contribution >= 0.6 is 0 Å². The predicted octanol–water partition coefficient (Wildman–Crippen LogP) is 2.77. The summed E-state index contributed by atoms with van der Waals surface area (Å²) in [6.07, 6.45) is 9.11. The molecule has 0 rings (SSSR count). The Morgan fingerprint density at radius 2 is 2.30 bits per heavy atom. The first kappa shape index (κ1) is 9.28. The number of hydrogen-bond donors (Lipinski definition) is 0. The smallest absolute Gasteiger partial charge is 0.0991 e. The van der Waals surface area contributed by atoms with Crippen molar-refractivity contribution in [3.05, 3.63) is 36.4 Å². The van der Waals surface area contributed by atoms with Gasteiger partial charge in [0.1, 0.15) is 7.28 Å². The van der Waals surface area contributed by atoms with Gasteiger partial charge >= 0.3 is 0 Å². The van der Waals surface area contributed by atoms with Crippen LogP contribution in [0.3, 0.4) is 0 Å². The maximum absolute atomic E-state index is 3.63. The van der Waals surface area contributed by atoms with Gasteiger partial charge < -0.3 is 0 Å². The highest BCUT2D eigenvalue weighted by molar-refractivity contribution is 6.44. The van der Waals surface area contributed by atoms with E-state index >= 15 is 0 Å². The van der Waals surface area contributed by atoms with Gasteiger partial charge in [-0.25, -0.2) is 0 Å². The second-order valence-electron chi connectivity index (χ2n) is 2.00. The summed E-state index contributed by atoms with van der Waals surface area (Å²) in [4.78, 5) is 0. The van der Waals surface area contributed by atoms with Gasteiger partial charge in [0.15, 0.2) is 0 Å². The fourth-order valence-electron chi connectivity index (χ4n) is 0.638. The molecule has 0 aromatic heterocycles. The fourth-order valence-corrected chi connectivity index (χ4v) is 0.638. The van der Waals surface area contributed by atoms with Gasteiger partial charge in [0.2, 0.25) is 0 Å². The van der Waals surface area contributed by atoms with E-state index < -0.39 is 0 Å². The van der Waals surface area contributed by atoms with Gasteiger partial charge in [0.25, 0.3) is 0 Å². The third-order valence-corrected chi connectivity index (χ3v) is 1.19. The molecule has 0 fully saturated rings. The van der Waals surface area contributed by atoms with Crippen LogP contribution in [0.25, 0.3) is 0 Å². The van der Waals surface area contributed by atoms with E-state index in [1.54, 1.807) is 6.08 Å². The van der Waals surface area contributed by atoms with Gasteiger partial charge in [0.05, 0.1) is 0 Å². The monoisotopic (exact) mass is 133 g/mol. The van der Waals surface area contributed by atoms with Crippen molar-refractivity contribution in [2.75, 3.05) is 0 Å². The van der Waals surface area contributed by atoms with Crippen molar-refractivity contribution in [2.45, 2.75) is 20.2 Å². The van der Waals surface area contributed by atoms with Gasteiger partial charge in [-0.1, -0.05) is 50.1 Å². The standard InChI is InChI=1S/C9H14B/c1-4-6-8-9(10-3)7-5-2/h5-8H,2,4H2,1,3H3/b8-6-,9-7+. The molecule has 0 aliphatic heterocycles. The number of rotatable bonds is 4. The van der Waals surface area contributed by atoms with Crippen LogP contribution < -0.4 is 0 Å². The van der Waals surface area contributed by atoms with Gasteiger partial charge in [-0.05, 0) is 6.42 Å². The van der Waals surface area contributed by atoms with Crippen LogP contribution in [-0.4, -0.2) is 7.28 Å². The SMILES string of the molecule is C=C/C=C([B]C)\C=C/CC. The van der Waals surface area contributed by atoms with Crippen LogP contribution in [0, 0.1) is 0 Å². The summed E-state index contributed by atoms with van der Waals surface area (Å²) in [5, 5.41) is 0. The molecule has 0 atom stereocenters. The fraction of sp³-hybridized carbons (Fsp3) is 0.333. The van der Waals surface area contributed by atoms with Crippen LogP contribution in [0.2, 0.25) is 6.82 Å². The molecule has 0 aliphatic rings. The molecule has 53 valence electrons. The molecule has 0 aromatic carbocycles. The minimum atomic E-state index is 1.09. The van der Waals surface area contributed by atoms with Crippen molar-refractivity contribution in [1.29, 1.82) is 0 Å². The van der Waals surface area contributed by atoms with Crippen molar-refractivity contribution in [3.63, 3.8) is 0 Å². The van der Waals surface area contributed by atoms with Gasteiger partial charge in [-0.2, -0.15) is 0 Å². The zero-order valence-corrected chi connectivity index (χ0v) is 6.80. The minimum absolute atomic E-state index is 1.09. The molecule has 0 aliphatic carbocycles. The van der Waals surface area contributed by atoms with E-state index in [0.717, 1.165) is 6.42 Å². The average molecular weight is 133 g/mol. The van der Waals surface area contributed by atoms with Crippen molar-refractivity contribution in [3.8, 4) is 0 Å². The highest BCUT2D eigenvalue weighted by Gasteiger charge is 1.84. The molecule has 1 heteroatoms. The Hall–Kier alpha value is -0.715. The summed E-state index contributed by atoms with van der Waals surface area (Å²) in [6, 6.07) is 0. The van der Waals surface area contributed by atoms with Gasteiger partial charge in [-0.15, -0.1) is 0 Å². The Labute approximate surface area is 64.6 Å². The molecule has 0 saturated carbocycles. The van der Waals surface area contributed by atoms with Crippen LogP contribution in [0.5, 0.6) is 0 Å². The summed E-state index contributed by atoms with van der Waals surface area (Å²) in [5.41, 5.74) is 1.22. The lowest BCUT2D eigenvalue weighted by Crippen LogP contribution is -1.84. The zero-order valence-electron chi connectivity index (χ0n) is 6.80. The molecule has 1 radical (unpaired) electrons. The van der Waals surface area contributed by atoms with Crippen LogP contribution in [-0.2, 0) is 0 Å². The second-order valence-corrected chi connectivity index (χ2v) is 2.00. The molecule has 10 heavy (non-hydrogen) atoms. The van der Waals surface area contributed by atoms with E-state index in [2.05, 4.69) is 32.9 Å². The molecule has 0 N–H and O–H groups in total. The highest BCUT2D eigenvalue weighted by Crippen LogP contribution is 1.95. The second kappa shape index (κ2) is 6.41. The van der Waals surface area contributed by atoms with E-state index in [9.17, 15) is 0 Å². The molecular formula is C9H14B. The predicted molar refractivity (Wildman–Crippen MR) is 49.3 cm³/mol. The molecule has 0 heterocycles. The summed E-state index contributed by atoms with van der Waals surface area (Å²) in [7, 11) is 2.06. The van der Waals surface area contributed by atoms with E-state index in [-0.39, 0.29) is 0 Å². The molecular weight excluding hydrogens is 119 g/mol. The Kier molecular flexibility index (Phi) is 5.95. The third-order valence-electron chi connectivity index (χ3n) is 1.19. The Morgan fingerprint density at radius 3 is 2.70 bits per heavy atom. The Morgan fingerprint density at radius 1 is 1.60 bits per heavy atom. The van der Waals surface area contributed by atoms with E-state index in [1.807, 2.05) is 12.9 Å². The molecule has 0 nitrogen and oxygen atoms in total. The summed E-state index contributed by atoms with van der Waals surface area (Å²) in [5.74, 6) is 0. The summed E-state index contributed by atoms with van der Waals surface area (Å²) < 4.78 is 0. The van der Waals surface area contributed by atoms with Gasteiger partial charge in [0, 0.05) is 0 Å². The van der Waals surface area contributed by atoms with Crippen molar-refractivity contribution >= 4 is 7.28 Å². The lowest BCUT2D eigenvalue weighted by molar-refractivity contribution is 1.22. The first-order valence-electron chi connectivity index (χ1n) is 3.63. The topological polar surface area (TPSA) is 0 Å². The number of hydrogen-bond acceptors (Lipinski definition) is 0. The largest absolute Gasteiger partial charge is 0.148 e. The zero-order chi connectivity index (χ0) is 7.82. The molecule has 0 saturated heterocycles. The lowest BCUT2D eigenvalue weighted by atomic mass is 9.72. The normalized spacial score (nSPS) is 12.0. The molecule has 0 unspecified atom stereocenters. The molecule has 0 amide bonds. The van der Waals surface area contributed by atoms with E-state index in [4.69, 9.17) is 0 Å². The first-order valence-corrected chi connectivity index (χ1v) is 3.63. The van der Waals surface area contributed by atoms with E-state index in [1.165, 1.54) is 5.47 Å². The van der Waals surface area contributed by atoms with E-state index in [0.29, 0.717) is 0 Å². The van der Waals surface area contributed by atoms with Gasteiger partial charge in [-0.3, -0.25) is 0 Å². The minimum Gasteiger partial charge on any atom is -0.0991 e. The van der Waals surface area contributed by atoms with Crippen molar-refractivity contribution < 1.29 is 0 Å². The summed E-state index contributed by atoms with van der Waals surface area (Å²) >= 11 is 0. The maximum atomic E-state index is 3.63. The first-order chi connectivity index (χ1) is 4.85. The molecule has 0 spiro atoms. The van der Waals surface area contributed by atoms with Crippen molar-refractivity contribution in [1.82, 2.24) is 0 Å². The molecule has 0 aromatic rings. The number of allylic oxidation sites excluding steroid dienone is 5.